The number of hydrogen-bond acceptors (Lipinski definition) is 5. The maximum Gasteiger partial charge on any atom is 0.415 e. The van der Waals surface area contributed by atoms with Gasteiger partial charge in [-0.1, -0.05) is 13.8 Å². The smallest absolute Gasteiger partial charge is 0.382 e. The molecular weight excluding hydrogens is 352 g/mol. The number of β-amino-alcohol motifs (C(OH)–C–C–N with tert-alkyl or cyclic N) is 1. The molecule has 0 aromatic carbocycles. The Morgan fingerprint density at radius 2 is 1.16 bits per heavy atom. The Morgan fingerprint density at radius 1 is 0.800 bits per heavy atom. The van der Waals surface area contributed by atoms with E-state index in [-0.39, 0.29) is 6.54 Å². The van der Waals surface area contributed by atoms with Crippen molar-refractivity contribution in [1.82, 2.24) is 19.6 Å². The number of likely N-dealkylation sites (N-methyl/N-ethyl adjacent to an activating group) is 2. The second-order valence-electron chi connectivity index (χ2n) is 6.53. The Hall–Kier alpha value is 0.0200. The van der Waals surface area contributed by atoms with E-state index < -0.39 is 12.3 Å². The van der Waals surface area contributed by atoms with Crippen LogP contribution in [-0.4, -0.2) is 115 Å². The Bertz CT molecular complexity index is 343. The van der Waals surface area contributed by atoms with Gasteiger partial charge < -0.3 is 14.9 Å². The molecule has 1 aliphatic rings. The van der Waals surface area contributed by atoms with E-state index in [0.717, 1.165) is 58.6 Å². The standard InChI is InChI=1S/C16H34F3N4OP/c1-3-20-5-9-22(13-15(24)16(17,18)19)10-6-21(4-2)8-12-23(14-25)11-7-20/h15,24H,3-14,25H2,1-2H3. The first-order valence-corrected chi connectivity index (χ1v) is 9.96. The fraction of sp³-hybridized carbons (Fsp3) is 1.00. The molecule has 0 aromatic rings. The van der Waals surface area contributed by atoms with E-state index in [0.29, 0.717) is 13.1 Å². The predicted molar refractivity (Wildman–Crippen MR) is 98.9 cm³/mol. The zero-order valence-corrected chi connectivity index (χ0v) is 16.7. The lowest BCUT2D eigenvalue weighted by Crippen LogP contribution is -2.48. The van der Waals surface area contributed by atoms with Gasteiger partial charge in [0, 0.05) is 65.2 Å². The monoisotopic (exact) mass is 386 g/mol. The Balaban J connectivity index is 2.73. The molecule has 1 N–H and O–H groups in total. The van der Waals surface area contributed by atoms with Crippen LogP contribution in [0.5, 0.6) is 0 Å². The molecule has 0 aromatic heterocycles. The maximum atomic E-state index is 12.7. The van der Waals surface area contributed by atoms with Gasteiger partial charge in [-0.15, -0.1) is 9.24 Å². The maximum absolute atomic E-state index is 12.7. The summed E-state index contributed by atoms with van der Waals surface area (Å²) in [5.74, 6) is 0. The van der Waals surface area contributed by atoms with Gasteiger partial charge >= 0.3 is 6.18 Å². The summed E-state index contributed by atoms with van der Waals surface area (Å²) in [7, 11) is 2.77. The zero-order valence-electron chi connectivity index (χ0n) is 15.5. The molecular formula is C16H34F3N4OP. The highest BCUT2D eigenvalue weighted by atomic mass is 31.0. The largest absolute Gasteiger partial charge is 0.415 e. The van der Waals surface area contributed by atoms with E-state index in [1.807, 2.05) is 0 Å². The van der Waals surface area contributed by atoms with Crippen LogP contribution < -0.4 is 0 Å². The van der Waals surface area contributed by atoms with Gasteiger partial charge in [0.15, 0.2) is 6.10 Å². The summed E-state index contributed by atoms with van der Waals surface area (Å²) in [6.07, 6.45) is -5.91. The van der Waals surface area contributed by atoms with Crippen LogP contribution in [0.3, 0.4) is 0 Å². The second kappa shape index (κ2) is 11.7. The normalized spacial score (nSPS) is 23.2. The van der Waals surface area contributed by atoms with Crippen molar-refractivity contribution < 1.29 is 18.3 Å². The van der Waals surface area contributed by atoms with Crippen molar-refractivity contribution in [3.05, 3.63) is 0 Å². The van der Waals surface area contributed by atoms with Crippen LogP contribution in [0.1, 0.15) is 13.8 Å². The fourth-order valence-electron chi connectivity index (χ4n) is 2.92. The molecule has 1 fully saturated rings. The minimum Gasteiger partial charge on any atom is -0.382 e. The van der Waals surface area contributed by atoms with Crippen LogP contribution in [-0.2, 0) is 0 Å². The first kappa shape index (κ1) is 23.1. The molecule has 9 heteroatoms. The number of aliphatic hydroxyl groups is 1. The number of hydrogen-bond donors (Lipinski definition) is 1. The van der Waals surface area contributed by atoms with Crippen molar-refractivity contribution in [2.24, 2.45) is 0 Å². The molecule has 0 bridgehead atoms. The molecule has 5 nitrogen and oxygen atoms in total. The van der Waals surface area contributed by atoms with Gasteiger partial charge in [-0.05, 0) is 13.1 Å². The summed E-state index contributed by atoms with van der Waals surface area (Å²) < 4.78 is 38.1. The van der Waals surface area contributed by atoms with E-state index in [9.17, 15) is 18.3 Å². The third-order valence-electron chi connectivity index (χ3n) is 4.89. The van der Waals surface area contributed by atoms with Gasteiger partial charge in [-0.25, -0.2) is 0 Å². The van der Waals surface area contributed by atoms with E-state index in [1.165, 1.54) is 0 Å². The molecule has 0 saturated carbocycles. The Labute approximate surface area is 152 Å². The quantitative estimate of drug-likeness (QED) is 0.713. The van der Waals surface area contributed by atoms with Crippen molar-refractivity contribution in [2.45, 2.75) is 26.1 Å². The molecule has 0 amide bonds. The van der Waals surface area contributed by atoms with Crippen LogP contribution in [0.25, 0.3) is 0 Å². The van der Waals surface area contributed by atoms with Gasteiger partial charge in [0.2, 0.25) is 0 Å². The summed E-state index contributed by atoms with van der Waals surface area (Å²) in [4.78, 5) is 8.67. The van der Waals surface area contributed by atoms with E-state index in [4.69, 9.17) is 0 Å². The molecule has 0 aliphatic carbocycles. The van der Waals surface area contributed by atoms with Crippen molar-refractivity contribution in [1.29, 1.82) is 0 Å². The average molecular weight is 386 g/mol. The van der Waals surface area contributed by atoms with Crippen LogP contribution >= 0.6 is 9.24 Å². The van der Waals surface area contributed by atoms with Crippen LogP contribution in [0.2, 0.25) is 0 Å². The van der Waals surface area contributed by atoms with Crippen LogP contribution in [0.4, 0.5) is 13.2 Å². The third kappa shape index (κ3) is 8.98. The number of nitrogens with zero attached hydrogens (tertiary/aromatic N) is 4. The SMILES string of the molecule is CCN1CCN(CP)CCN(CC)CCN(CC(O)C(F)(F)F)CC1. The Kier molecular flexibility index (Phi) is 10.8. The average Bonchev–Trinajstić information content (AvgIpc) is 2.56. The molecule has 1 heterocycles. The lowest BCUT2D eigenvalue weighted by molar-refractivity contribution is -0.208. The predicted octanol–water partition coefficient (Wildman–Crippen LogP) is 1.00. The van der Waals surface area contributed by atoms with Gasteiger partial charge in [0.1, 0.15) is 0 Å². The molecule has 150 valence electrons. The second-order valence-corrected chi connectivity index (χ2v) is 6.89. The van der Waals surface area contributed by atoms with Crippen molar-refractivity contribution in [3.63, 3.8) is 0 Å². The summed E-state index contributed by atoms with van der Waals surface area (Å²) >= 11 is 0. The highest BCUT2D eigenvalue weighted by molar-refractivity contribution is 7.16. The molecule has 0 spiro atoms. The van der Waals surface area contributed by atoms with Crippen LogP contribution in [0.15, 0.2) is 0 Å². The van der Waals surface area contributed by atoms with Crippen molar-refractivity contribution in [2.75, 3.05) is 78.3 Å². The molecule has 25 heavy (non-hydrogen) atoms. The Morgan fingerprint density at radius 3 is 1.48 bits per heavy atom. The fourth-order valence-corrected chi connectivity index (χ4v) is 3.29. The van der Waals surface area contributed by atoms with Gasteiger partial charge in [0.25, 0.3) is 0 Å². The number of aliphatic hydroxyl groups excluding tert-OH is 1. The number of alkyl halides is 3. The molecule has 0 radical (unpaired) electrons. The van der Waals surface area contributed by atoms with E-state index in [1.54, 1.807) is 4.90 Å². The zero-order chi connectivity index (χ0) is 18.9. The molecule has 2 atom stereocenters. The first-order chi connectivity index (χ1) is 11.8. The highest BCUT2D eigenvalue weighted by Gasteiger charge is 2.39. The molecule has 1 saturated heterocycles. The molecule has 1 aliphatic heterocycles. The lowest BCUT2D eigenvalue weighted by Gasteiger charge is -2.34. The molecule has 1 rings (SSSR count). The summed E-state index contributed by atoms with van der Waals surface area (Å²) in [6.45, 7) is 11.8. The minimum atomic E-state index is -4.56. The number of rotatable bonds is 5. The van der Waals surface area contributed by atoms with Crippen molar-refractivity contribution >= 4 is 9.24 Å². The number of halogens is 3. The van der Waals surface area contributed by atoms with E-state index in [2.05, 4.69) is 37.8 Å². The van der Waals surface area contributed by atoms with Gasteiger partial charge in [-0.2, -0.15) is 13.2 Å². The van der Waals surface area contributed by atoms with Crippen LogP contribution in [0, 0.1) is 0 Å². The highest BCUT2D eigenvalue weighted by Crippen LogP contribution is 2.20. The minimum absolute atomic E-state index is 0.351. The summed E-state index contributed by atoms with van der Waals surface area (Å²) in [5, 5.41) is 9.44. The topological polar surface area (TPSA) is 33.2 Å². The third-order valence-corrected chi connectivity index (χ3v) is 5.41. The van der Waals surface area contributed by atoms with E-state index >= 15 is 0 Å². The first-order valence-electron chi connectivity index (χ1n) is 9.14. The van der Waals surface area contributed by atoms with Crippen molar-refractivity contribution in [3.8, 4) is 0 Å². The van der Waals surface area contributed by atoms with Gasteiger partial charge in [0.05, 0.1) is 0 Å². The summed E-state index contributed by atoms with van der Waals surface area (Å²) in [6, 6.07) is 0. The lowest BCUT2D eigenvalue weighted by atomic mass is 10.3. The molecule has 2 unspecified atom stereocenters. The van der Waals surface area contributed by atoms with Gasteiger partial charge in [-0.3, -0.25) is 9.80 Å². The summed E-state index contributed by atoms with van der Waals surface area (Å²) in [5.41, 5.74) is 0.